The smallest absolute Gasteiger partial charge is 0.285 e. The van der Waals surface area contributed by atoms with Crippen molar-refractivity contribution in [3.8, 4) is 5.75 Å². The Morgan fingerprint density at radius 1 is 1.18 bits per heavy atom. The molecule has 0 atom stereocenters. The van der Waals surface area contributed by atoms with Crippen LogP contribution in [0.1, 0.15) is 11.1 Å². The van der Waals surface area contributed by atoms with Crippen molar-refractivity contribution >= 4 is 33.5 Å². The molecule has 1 amide bonds. The van der Waals surface area contributed by atoms with Crippen molar-refractivity contribution in [2.75, 3.05) is 6.61 Å². The molecule has 4 rings (SSSR count). The summed E-state index contributed by atoms with van der Waals surface area (Å²) in [6.07, 6.45) is 5.67. The minimum absolute atomic E-state index is 0.0139. The molecule has 2 aliphatic heterocycles. The van der Waals surface area contributed by atoms with Gasteiger partial charge in [0.1, 0.15) is 5.84 Å². The molecule has 5 nitrogen and oxygen atoms in total. The molecule has 0 saturated carbocycles. The number of amides is 1. The van der Waals surface area contributed by atoms with Crippen molar-refractivity contribution in [3.05, 3.63) is 88.3 Å². The Labute approximate surface area is 169 Å². The molecule has 2 aliphatic rings. The van der Waals surface area contributed by atoms with Crippen molar-refractivity contribution in [2.24, 2.45) is 9.98 Å². The Kier molecular flexibility index (Phi) is 5.16. The van der Waals surface area contributed by atoms with Gasteiger partial charge in [-0.25, -0.2) is 9.38 Å². The third kappa shape index (κ3) is 3.94. The Morgan fingerprint density at radius 3 is 2.82 bits per heavy atom. The predicted octanol–water partition coefficient (Wildman–Crippen LogP) is 4.20. The van der Waals surface area contributed by atoms with Gasteiger partial charge < -0.3 is 9.64 Å². The van der Waals surface area contributed by atoms with Gasteiger partial charge >= 0.3 is 0 Å². The highest BCUT2D eigenvalue weighted by atomic mass is 79.9. The first-order chi connectivity index (χ1) is 13.6. The molecule has 0 radical (unpaired) electrons. The number of nitrogens with zero attached hydrogens (tertiary/aromatic N) is 3. The minimum Gasteiger partial charge on any atom is -0.481 e. The number of hydrogen-bond acceptors (Lipinski definition) is 3. The fraction of sp³-hybridized carbons (Fsp3) is 0.0952. The van der Waals surface area contributed by atoms with Crippen LogP contribution in [0.5, 0.6) is 5.75 Å². The van der Waals surface area contributed by atoms with Gasteiger partial charge in [-0.05, 0) is 45.8 Å². The minimum atomic E-state index is -0.539. The number of fused-ring (bicyclic) bond motifs is 2. The van der Waals surface area contributed by atoms with Gasteiger partial charge in [0.15, 0.2) is 24.0 Å². The molecule has 0 saturated heterocycles. The molecule has 2 aromatic carbocycles. The molecule has 2 aromatic rings. The predicted molar refractivity (Wildman–Crippen MR) is 109 cm³/mol. The van der Waals surface area contributed by atoms with Crippen LogP contribution in [0.2, 0.25) is 0 Å². The number of allylic oxidation sites excluding steroid dienone is 2. The van der Waals surface area contributed by atoms with Crippen LogP contribution in [-0.2, 0) is 11.3 Å². The molecule has 0 unspecified atom stereocenters. The lowest BCUT2D eigenvalue weighted by Crippen LogP contribution is -2.25. The van der Waals surface area contributed by atoms with Gasteiger partial charge in [0, 0.05) is 22.8 Å². The van der Waals surface area contributed by atoms with E-state index in [1.54, 1.807) is 12.1 Å². The number of para-hydroxylation sites is 1. The molecular formula is C21H15BrFN3O2. The first-order valence-electron chi connectivity index (χ1n) is 8.58. The Balaban J connectivity index is 1.63. The summed E-state index contributed by atoms with van der Waals surface area (Å²) in [6, 6.07) is 13.6. The van der Waals surface area contributed by atoms with E-state index in [0.29, 0.717) is 18.2 Å². The van der Waals surface area contributed by atoms with Crippen LogP contribution in [0.4, 0.5) is 4.39 Å². The number of aliphatic imine (C=N–C) groups is 2. The number of rotatable bonds is 3. The van der Waals surface area contributed by atoms with E-state index in [9.17, 15) is 9.18 Å². The molecule has 140 valence electrons. The van der Waals surface area contributed by atoms with Crippen LogP contribution in [0.25, 0.3) is 0 Å². The average molecular weight is 440 g/mol. The first-order valence-corrected chi connectivity index (χ1v) is 9.37. The van der Waals surface area contributed by atoms with Crippen LogP contribution in [0, 0.1) is 5.82 Å². The molecule has 28 heavy (non-hydrogen) atoms. The average Bonchev–Trinajstić information content (AvgIpc) is 2.83. The summed E-state index contributed by atoms with van der Waals surface area (Å²) in [6.45, 7) is 0.232. The van der Waals surface area contributed by atoms with E-state index in [1.807, 2.05) is 47.5 Å². The molecule has 0 spiro atoms. The van der Waals surface area contributed by atoms with E-state index in [1.165, 1.54) is 12.1 Å². The van der Waals surface area contributed by atoms with E-state index in [-0.39, 0.29) is 12.4 Å². The number of carbonyl (C=O) groups is 1. The van der Waals surface area contributed by atoms with E-state index in [2.05, 4.69) is 25.9 Å². The van der Waals surface area contributed by atoms with Crippen LogP contribution in [-0.4, -0.2) is 29.1 Å². The summed E-state index contributed by atoms with van der Waals surface area (Å²) >= 11 is 3.47. The third-order valence-electron chi connectivity index (χ3n) is 4.20. The number of benzene rings is 2. The molecule has 0 N–H and O–H groups in total. The van der Waals surface area contributed by atoms with Crippen molar-refractivity contribution in [2.45, 2.75) is 6.54 Å². The Morgan fingerprint density at radius 2 is 1.96 bits per heavy atom. The summed E-state index contributed by atoms with van der Waals surface area (Å²) in [4.78, 5) is 23.1. The fourth-order valence-electron chi connectivity index (χ4n) is 2.90. The second kappa shape index (κ2) is 7.90. The SMILES string of the molecule is O=C(COc1ccccc1F)N=C1N=C2C=CC(Br)=CN2Cc2ccccc21. The lowest BCUT2D eigenvalue weighted by atomic mass is 10.1. The summed E-state index contributed by atoms with van der Waals surface area (Å²) < 4.78 is 19.8. The highest BCUT2D eigenvalue weighted by molar-refractivity contribution is 9.11. The van der Waals surface area contributed by atoms with Crippen molar-refractivity contribution in [1.82, 2.24) is 4.90 Å². The highest BCUT2D eigenvalue weighted by Crippen LogP contribution is 2.24. The summed E-state index contributed by atoms with van der Waals surface area (Å²) in [7, 11) is 0. The van der Waals surface area contributed by atoms with Crippen LogP contribution in [0.15, 0.2) is 81.4 Å². The fourth-order valence-corrected chi connectivity index (χ4v) is 3.28. The lowest BCUT2D eigenvalue weighted by molar-refractivity contribution is -0.119. The van der Waals surface area contributed by atoms with Gasteiger partial charge in [0.05, 0.1) is 0 Å². The number of carbonyl (C=O) groups excluding carboxylic acids is 1. The van der Waals surface area contributed by atoms with Crippen LogP contribution in [0.3, 0.4) is 0 Å². The van der Waals surface area contributed by atoms with E-state index >= 15 is 0 Å². The highest BCUT2D eigenvalue weighted by Gasteiger charge is 2.21. The monoisotopic (exact) mass is 439 g/mol. The Bertz CT molecular complexity index is 1060. The van der Waals surface area contributed by atoms with E-state index in [0.717, 1.165) is 15.6 Å². The maximum Gasteiger partial charge on any atom is 0.285 e. The van der Waals surface area contributed by atoms with Gasteiger partial charge in [0.25, 0.3) is 5.91 Å². The summed E-state index contributed by atoms with van der Waals surface area (Å²) in [5, 5.41) is 0. The van der Waals surface area contributed by atoms with Gasteiger partial charge in [-0.15, -0.1) is 0 Å². The molecule has 0 aliphatic carbocycles. The van der Waals surface area contributed by atoms with Crippen molar-refractivity contribution < 1.29 is 13.9 Å². The molecule has 0 fully saturated rings. The third-order valence-corrected chi connectivity index (χ3v) is 4.67. The number of hydrogen-bond donors (Lipinski definition) is 0. The maximum absolute atomic E-state index is 13.7. The zero-order valence-electron chi connectivity index (χ0n) is 14.7. The largest absolute Gasteiger partial charge is 0.481 e. The molecule has 0 aromatic heterocycles. The molecular weight excluding hydrogens is 425 g/mol. The number of ether oxygens (including phenoxy) is 1. The van der Waals surface area contributed by atoms with E-state index < -0.39 is 11.7 Å². The summed E-state index contributed by atoms with van der Waals surface area (Å²) in [5.74, 6) is -0.0574. The van der Waals surface area contributed by atoms with Gasteiger partial charge in [0.2, 0.25) is 0 Å². The normalized spacial score (nSPS) is 16.6. The zero-order chi connectivity index (χ0) is 19.5. The van der Waals surface area contributed by atoms with Gasteiger partial charge in [-0.1, -0.05) is 36.4 Å². The Hall–Kier alpha value is -3.06. The molecule has 7 heteroatoms. The summed E-state index contributed by atoms with van der Waals surface area (Å²) in [5.41, 5.74) is 1.77. The van der Waals surface area contributed by atoms with Gasteiger partial charge in [-0.3, -0.25) is 4.79 Å². The number of amidine groups is 2. The van der Waals surface area contributed by atoms with Crippen molar-refractivity contribution in [3.63, 3.8) is 0 Å². The van der Waals surface area contributed by atoms with E-state index in [4.69, 9.17) is 4.74 Å². The first kappa shape index (κ1) is 18.3. The standard InChI is InChI=1S/C21H15BrFN3O2/c22-15-9-10-19-24-21(16-6-2-1-5-14(16)11-26(19)12-15)25-20(27)13-28-18-8-4-3-7-17(18)23/h1-10,12H,11,13H2. The second-order valence-electron chi connectivity index (χ2n) is 6.15. The zero-order valence-corrected chi connectivity index (χ0v) is 16.3. The number of halogens is 2. The topological polar surface area (TPSA) is 54.3 Å². The van der Waals surface area contributed by atoms with Crippen molar-refractivity contribution in [1.29, 1.82) is 0 Å². The second-order valence-corrected chi connectivity index (χ2v) is 7.07. The van der Waals surface area contributed by atoms with Gasteiger partial charge in [-0.2, -0.15) is 4.99 Å². The quantitative estimate of drug-likeness (QED) is 0.719. The van der Waals surface area contributed by atoms with Crippen LogP contribution >= 0.6 is 15.9 Å². The lowest BCUT2D eigenvalue weighted by Gasteiger charge is -2.21. The van der Waals surface area contributed by atoms with Crippen LogP contribution < -0.4 is 4.74 Å². The molecule has 2 heterocycles. The molecule has 0 bridgehead atoms. The maximum atomic E-state index is 13.7.